The third-order valence-electron chi connectivity index (χ3n) is 4.08. The van der Waals surface area contributed by atoms with Gasteiger partial charge in [-0.15, -0.1) is 0 Å². The van der Waals surface area contributed by atoms with E-state index in [1.54, 1.807) is 18.2 Å². The fraction of sp³-hybridized carbons (Fsp3) is 0.389. The van der Waals surface area contributed by atoms with E-state index in [1.165, 1.54) is 14.2 Å². The highest BCUT2D eigenvalue weighted by Gasteiger charge is 2.17. The van der Waals surface area contributed by atoms with E-state index in [9.17, 15) is 4.79 Å². The zero-order chi connectivity index (χ0) is 17.6. The van der Waals surface area contributed by atoms with E-state index in [-0.39, 0.29) is 5.91 Å². The number of benzene rings is 1. The van der Waals surface area contributed by atoms with Gasteiger partial charge in [0.1, 0.15) is 0 Å². The molecular formula is C18H21N3O4. The summed E-state index contributed by atoms with van der Waals surface area (Å²) in [5.74, 6) is 1.62. The normalized spacial score (nSPS) is 16.5. The van der Waals surface area contributed by atoms with Crippen LogP contribution in [0.2, 0.25) is 0 Å². The SMILES string of the molecule is COc1cc(OC)nc(-c2ccc(C(=O)NC[C@H]3CCOC3)cc2)n1. The quantitative estimate of drug-likeness (QED) is 0.863. The lowest BCUT2D eigenvalue weighted by atomic mass is 10.1. The van der Waals surface area contributed by atoms with Gasteiger partial charge in [0.2, 0.25) is 11.8 Å². The summed E-state index contributed by atoms with van der Waals surface area (Å²) < 4.78 is 15.6. The van der Waals surface area contributed by atoms with Crippen LogP contribution in [0, 0.1) is 5.92 Å². The lowest BCUT2D eigenvalue weighted by molar-refractivity contribution is 0.0945. The van der Waals surface area contributed by atoms with Gasteiger partial charge in [0.15, 0.2) is 5.82 Å². The third-order valence-corrected chi connectivity index (χ3v) is 4.08. The van der Waals surface area contributed by atoms with Crippen molar-refractivity contribution < 1.29 is 19.0 Å². The molecule has 0 bridgehead atoms. The van der Waals surface area contributed by atoms with E-state index in [1.807, 2.05) is 12.1 Å². The summed E-state index contributed by atoms with van der Waals surface area (Å²) >= 11 is 0. The second-order valence-electron chi connectivity index (χ2n) is 5.79. The van der Waals surface area contributed by atoms with Crippen molar-refractivity contribution in [1.29, 1.82) is 0 Å². The molecule has 3 rings (SSSR count). The van der Waals surface area contributed by atoms with Crippen molar-refractivity contribution in [2.45, 2.75) is 6.42 Å². The van der Waals surface area contributed by atoms with Crippen LogP contribution in [0.15, 0.2) is 30.3 Å². The molecule has 1 amide bonds. The fourth-order valence-electron chi connectivity index (χ4n) is 2.60. The Morgan fingerprint density at radius 3 is 2.44 bits per heavy atom. The Morgan fingerprint density at radius 1 is 1.20 bits per heavy atom. The molecule has 132 valence electrons. The molecule has 1 fully saturated rings. The average Bonchev–Trinajstić information content (AvgIpc) is 3.19. The molecule has 7 nitrogen and oxygen atoms in total. The van der Waals surface area contributed by atoms with Crippen molar-refractivity contribution in [2.75, 3.05) is 34.0 Å². The van der Waals surface area contributed by atoms with Crippen molar-refractivity contribution in [3.63, 3.8) is 0 Å². The van der Waals surface area contributed by atoms with Gasteiger partial charge in [0.25, 0.3) is 5.91 Å². The molecular weight excluding hydrogens is 322 g/mol. The number of carbonyl (C=O) groups is 1. The Morgan fingerprint density at radius 2 is 1.88 bits per heavy atom. The number of carbonyl (C=O) groups excluding carboxylic acids is 1. The molecule has 1 aliphatic rings. The minimum atomic E-state index is -0.0948. The predicted octanol–water partition coefficient (Wildman–Crippen LogP) is 1.93. The Hall–Kier alpha value is -2.67. The number of hydrogen-bond acceptors (Lipinski definition) is 6. The zero-order valence-electron chi connectivity index (χ0n) is 14.3. The highest BCUT2D eigenvalue weighted by Crippen LogP contribution is 2.22. The maximum Gasteiger partial charge on any atom is 0.251 e. The van der Waals surface area contributed by atoms with E-state index < -0.39 is 0 Å². The van der Waals surface area contributed by atoms with Gasteiger partial charge in [-0.1, -0.05) is 12.1 Å². The second-order valence-corrected chi connectivity index (χ2v) is 5.79. The summed E-state index contributed by atoms with van der Waals surface area (Å²) in [5, 5.41) is 2.95. The first-order chi connectivity index (χ1) is 12.2. The van der Waals surface area contributed by atoms with Crippen molar-refractivity contribution in [1.82, 2.24) is 15.3 Å². The maximum absolute atomic E-state index is 12.2. The number of amides is 1. The van der Waals surface area contributed by atoms with Gasteiger partial charge in [0.05, 0.1) is 26.9 Å². The summed E-state index contributed by atoms with van der Waals surface area (Å²) in [7, 11) is 3.07. The van der Waals surface area contributed by atoms with Crippen LogP contribution in [-0.4, -0.2) is 49.9 Å². The lowest BCUT2D eigenvalue weighted by Crippen LogP contribution is -2.29. The first-order valence-corrected chi connectivity index (χ1v) is 8.13. The van der Waals surface area contributed by atoms with Crippen molar-refractivity contribution in [3.8, 4) is 23.1 Å². The van der Waals surface area contributed by atoms with E-state index in [0.717, 1.165) is 18.6 Å². The van der Waals surface area contributed by atoms with Crippen LogP contribution in [0.3, 0.4) is 0 Å². The van der Waals surface area contributed by atoms with Gasteiger partial charge in [0, 0.05) is 30.2 Å². The number of hydrogen-bond donors (Lipinski definition) is 1. The highest BCUT2D eigenvalue weighted by molar-refractivity contribution is 5.94. The number of methoxy groups -OCH3 is 2. The lowest BCUT2D eigenvalue weighted by Gasteiger charge is -2.10. The van der Waals surface area contributed by atoms with Crippen LogP contribution in [0.4, 0.5) is 0 Å². The highest BCUT2D eigenvalue weighted by atomic mass is 16.5. The van der Waals surface area contributed by atoms with Crippen molar-refractivity contribution in [3.05, 3.63) is 35.9 Å². The Kier molecular flexibility index (Phi) is 5.45. The topological polar surface area (TPSA) is 82.6 Å². The minimum absolute atomic E-state index is 0.0948. The van der Waals surface area contributed by atoms with Gasteiger partial charge < -0.3 is 19.5 Å². The van der Waals surface area contributed by atoms with Crippen LogP contribution >= 0.6 is 0 Å². The molecule has 1 atom stereocenters. The van der Waals surface area contributed by atoms with E-state index >= 15 is 0 Å². The van der Waals surface area contributed by atoms with Gasteiger partial charge in [-0.2, -0.15) is 9.97 Å². The summed E-state index contributed by atoms with van der Waals surface area (Å²) in [6, 6.07) is 8.73. The second kappa shape index (κ2) is 7.94. The molecule has 25 heavy (non-hydrogen) atoms. The molecule has 0 saturated carbocycles. The summed E-state index contributed by atoms with van der Waals surface area (Å²) in [6.07, 6.45) is 0.994. The molecule has 0 unspecified atom stereocenters. The number of aromatic nitrogens is 2. The van der Waals surface area contributed by atoms with Crippen LogP contribution < -0.4 is 14.8 Å². The number of rotatable bonds is 6. The summed E-state index contributed by atoms with van der Waals surface area (Å²) in [5.41, 5.74) is 1.37. The van der Waals surface area contributed by atoms with Crippen LogP contribution in [0.5, 0.6) is 11.8 Å². The Bertz CT molecular complexity index is 705. The monoisotopic (exact) mass is 343 g/mol. The van der Waals surface area contributed by atoms with E-state index in [0.29, 0.717) is 42.2 Å². The van der Waals surface area contributed by atoms with Crippen LogP contribution in [0.25, 0.3) is 11.4 Å². The average molecular weight is 343 g/mol. The van der Waals surface area contributed by atoms with Crippen molar-refractivity contribution in [2.24, 2.45) is 5.92 Å². The molecule has 7 heteroatoms. The molecule has 2 heterocycles. The van der Waals surface area contributed by atoms with Crippen LogP contribution in [0.1, 0.15) is 16.8 Å². The molecule has 1 aromatic carbocycles. The van der Waals surface area contributed by atoms with E-state index in [2.05, 4.69) is 15.3 Å². The van der Waals surface area contributed by atoms with Crippen molar-refractivity contribution >= 4 is 5.91 Å². The number of ether oxygens (including phenoxy) is 3. The summed E-state index contributed by atoms with van der Waals surface area (Å²) in [4.78, 5) is 20.8. The number of nitrogens with one attached hydrogen (secondary N) is 1. The molecule has 0 radical (unpaired) electrons. The predicted molar refractivity (Wildman–Crippen MR) is 91.8 cm³/mol. The molecule has 2 aromatic rings. The van der Waals surface area contributed by atoms with Gasteiger partial charge in [-0.25, -0.2) is 0 Å². The van der Waals surface area contributed by atoms with Gasteiger partial charge in [-0.05, 0) is 18.6 Å². The third kappa shape index (κ3) is 4.24. The molecule has 1 aromatic heterocycles. The minimum Gasteiger partial charge on any atom is -0.481 e. The van der Waals surface area contributed by atoms with Crippen LogP contribution in [-0.2, 0) is 4.74 Å². The first kappa shape index (κ1) is 17.2. The standard InChI is InChI=1S/C18H21N3O4/c1-23-15-9-16(24-2)21-17(20-15)13-3-5-14(6-4-13)18(22)19-10-12-7-8-25-11-12/h3-6,9,12H,7-8,10-11H2,1-2H3,(H,19,22)/t12-/m1/s1. The molecule has 0 spiro atoms. The van der Waals surface area contributed by atoms with E-state index in [4.69, 9.17) is 14.2 Å². The number of nitrogens with zero attached hydrogens (tertiary/aromatic N) is 2. The zero-order valence-corrected chi connectivity index (χ0v) is 14.3. The van der Waals surface area contributed by atoms with Gasteiger partial charge >= 0.3 is 0 Å². The summed E-state index contributed by atoms with van der Waals surface area (Å²) in [6.45, 7) is 2.13. The molecule has 1 aliphatic heterocycles. The fourth-order valence-corrected chi connectivity index (χ4v) is 2.60. The smallest absolute Gasteiger partial charge is 0.251 e. The van der Waals surface area contributed by atoms with Gasteiger partial charge in [-0.3, -0.25) is 4.79 Å². The Labute approximate surface area is 146 Å². The first-order valence-electron chi connectivity index (χ1n) is 8.13. The largest absolute Gasteiger partial charge is 0.481 e. The molecule has 1 N–H and O–H groups in total. The molecule has 1 saturated heterocycles. The molecule has 0 aliphatic carbocycles. The maximum atomic E-state index is 12.2. The Balaban J connectivity index is 1.70.